The molecule has 0 N–H and O–H groups in total. The van der Waals surface area contributed by atoms with Crippen LogP contribution in [0.5, 0.6) is 11.5 Å². The number of halogens is 1. The van der Waals surface area contributed by atoms with Gasteiger partial charge in [-0.25, -0.2) is 9.37 Å². The maximum Gasteiger partial charge on any atom is 0.165 e. The lowest BCUT2D eigenvalue weighted by molar-refractivity contribution is 0.439. The number of rotatable bonds is 8. The van der Waals surface area contributed by atoms with E-state index >= 15 is 0 Å². The number of ether oxygens (including phenoxy) is 1. The van der Waals surface area contributed by atoms with Crippen LogP contribution in [0, 0.1) is 11.7 Å². The molecule has 0 bridgehead atoms. The number of para-hydroxylation sites is 1. The highest BCUT2D eigenvalue weighted by molar-refractivity contribution is 7.99. The summed E-state index contributed by atoms with van der Waals surface area (Å²) >= 11 is 1.74. The Morgan fingerprint density at radius 1 is 1.04 bits per heavy atom. The first-order valence-corrected chi connectivity index (χ1v) is 10.7. The lowest BCUT2D eigenvalue weighted by Gasteiger charge is -2.22. The minimum Gasteiger partial charge on any atom is -0.454 e. The molecule has 2 nitrogen and oxygen atoms in total. The van der Waals surface area contributed by atoms with Crippen molar-refractivity contribution in [2.75, 3.05) is 5.75 Å². The van der Waals surface area contributed by atoms with E-state index in [1.807, 2.05) is 48.7 Å². The number of pyridine rings is 1. The Bertz CT molecular complexity index is 881. The van der Waals surface area contributed by atoms with Crippen LogP contribution in [-0.4, -0.2) is 10.7 Å². The largest absolute Gasteiger partial charge is 0.454 e. The van der Waals surface area contributed by atoms with Gasteiger partial charge in [-0.2, -0.15) is 0 Å². The van der Waals surface area contributed by atoms with Gasteiger partial charge in [-0.3, -0.25) is 0 Å². The van der Waals surface area contributed by atoms with Gasteiger partial charge in [0.15, 0.2) is 11.6 Å². The van der Waals surface area contributed by atoms with Crippen molar-refractivity contribution in [1.29, 1.82) is 0 Å². The molecule has 28 heavy (non-hydrogen) atoms. The fourth-order valence-electron chi connectivity index (χ4n) is 3.21. The van der Waals surface area contributed by atoms with E-state index in [9.17, 15) is 4.39 Å². The molecule has 0 aliphatic heterocycles. The number of nitrogens with zero attached hydrogens (tertiary/aromatic N) is 1. The van der Waals surface area contributed by atoms with Crippen molar-refractivity contribution in [3.8, 4) is 11.5 Å². The second-order valence-corrected chi connectivity index (χ2v) is 8.38. The van der Waals surface area contributed by atoms with Gasteiger partial charge in [-0.05, 0) is 65.5 Å². The minimum absolute atomic E-state index is 0.263. The summed E-state index contributed by atoms with van der Waals surface area (Å²) in [6, 6.07) is 18.7. The van der Waals surface area contributed by atoms with E-state index in [2.05, 4.69) is 37.9 Å². The molecular formula is C24H26FNOS. The fraction of sp³-hybridized carbons (Fsp3) is 0.292. The summed E-state index contributed by atoms with van der Waals surface area (Å²) in [5.41, 5.74) is 2.27. The molecule has 0 saturated carbocycles. The summed E-state index contributed by atoms with van der Waals surface area (Å²) in [4.78, 5) is 4.58. The fourth-order valence-corrected chi connectivity index (χ4v) is 3.79. The average molecular weight is 396 g/mol. The lowest BCUT2D eigenvalue weighted by Crippen LogP contribution is -2.11. The highest BCUT2D eigenvalue weighted by Gasteiger charge is 2.18. The number of hydrogen-bond donors (Lipinski definition) is 0. The van der Waals surface area contributed by atoms with Gasteiger partial charge in [0.05, 0.1) is 5.03 Å². The Labute approximate surface area is 171 Å². The molecule has 0 amide bonds. The quantitative estimate of drug-likeness (QED) is 0.380. The average Bonchev–Trinajstić information content (AvgIpc) is 2.70. The summed E-state index contributed by atoms with van der Waals surface area (Å²) < 4.78 is 20.0. The van der Waals surface area contributed by atoms with E-state index in [0.29, 0.717) is 17.6 Å². The summed E-state index contributed by atoms with van der Waals surface area (Å²) in [7, 11) is 0. The van der Waals surface area contributed by atoms with Crippen LogP contribution in [0.2, 0.25) is 0 Å². The monoisotopic (exact) mass is 395 g/mol. The van der Waals surface area contributed by atoms with Gasteiger partial charge in [0.25, 0.3) is 0 Å². The zero-order valence-corrected chi connectivity index (χ0v) is 17.4. The molecule has 1 heterocycles. The standard InChI is InChI=1S/C24H26FNOS/c1-4-28-24-13-11-19(16-26-24)21(17(2)3)14-18-10-12-22(25)23(15-18)27-20-8-6-5-7-9-20/h5-13,15-17,21H,4,14H2,1-3H3. The molecule has 4 heteroatoms. The third-order valence-electron chi connectivity index (χ3n) is 4.71. The Kier molecular flexibility index (Phi) is 7.10. The summed E-state index contributed by atoms with van der Waals surface area (Å²) in [5, 5.41) is 1.05. The van der Waals surface area contributed by atoms with Crippen molar-refractivity contribution in [3.05, 3.63) is 83.8 Å². The third-order valence-corrected chi connectivity index (χ3v) is 5.53. The van der Waals surface area contributed by atoms with Crippen LogP contribution in [0.3, 0.4) is 0 Å². The van der Waals surface area contributed by atoms with E-state index in [4.69, 9.17) is 4.74 Å². The Hall–Kier alpha value is -2.33. The molecule has 0 radical (unpaired) electrons. The maximum atomic E-state index is 14.3. The molecule has 1 unspecified atom stereocenters. The molecular weight excluding hydrogens is 369 g/mol. The van der Waals surface area contributed by atoms with Crippen LogP contribution in [0.4, 0.5) is 4.39 Å². The first kappa shape index (κ1) is 20.4. The molecule has 0 aliphatic carbocycles. The molecule has 3 aromatic rings. The normalized spacial score (nSPS) is 12.2. The first-order chi connectivity index (χ1) is 13.6. The minimum atomic E-state index is -0.351. The predicted octanol–water partition coefficient (Wildman–Crippen LogP) is 7.11. The second-order valence-electron chi connectivity index (χ2n) is 7.10. The van der Waals surface area contributed by atoms with Gasteiger partial charge in [-0.1, -0.05) is 51.1 Å². The van der Waals surface area contributed by atoms with Crippen LogP contribution in [-0.2, 0) is 6.42 Å². The van der Waals surface area contributed by atoms with Gasteiger partial charge in [0.1, 0.15) is 5.75 Å². The molecule has 0 saturated heterocycles. The van der Waals surface area contributed by atoms with Crippen LogP contribution < -0.4 is 4.74 Å². The molecule has 0 fully saturated rings. The Morgan fingerprint density at radius 3 is 2.46 bits per heavy atom. The lowest BCUT2D eigenvalue weighted by atomic mass is 9.84. The van der Waals surface area contributed by atoms with E-state index in [-0.39, 0.29) is 11.6 Å². The summed E-state index contributed by atoms with van der Waals surface area (Å²) in [6.07, 6.45) is 2.79. The number of hydrogen-bond acceptors (Lipinski definition) is 3. The molecule has 1 aromatic heterocycles. The smallest absolute Gasteiger partial charge is 0.165 e. The van der Waals surface area contributed by atoms with Crippen LogP contribution >= 0.6 is 11.8 Å². The molecule has 0 spiro atoms. The first-order valence-electron chi connectivity index (χ1n) is 9.67. The molecule has 1 atom stereocenters. The van der Waals surface area contributed by atoms with Crippen molar-refractivity contribution in [2.24, 2.45) is 5.92 Å². The summed E-state index contributed by atoms with van der Waals surface area (Å²) in [6.45, 7) is 6.55. The number of benzene rings is 2. The van der Waals surface area contributed by atoms with E-state index in [1.165, 1.54) is 11.6 Å². The van der Waals surface area contributed by atoms with Crippen molar-refractivity contribution >= 4 is 11.8 Å². The topological polar surface area (TPSA) is 22.1 Å². The van der Waals surface area contributed by atoms with Gasteiger partial charge in [0, 0.05) is 6.20 Å². The zero-order valence-electron chi connectivity index (χ0n) is 16.6. The Morgan fingerprint density at radius 2 is 1.82 bits per heavy atom. The molecule has 0 aliphatic rings. The van der Waals surface area contributed by atoms with Crippen molar-refractivity contribution in [2.45, 2.75) is 38.1 Å². The van der Waals surface area contributed by atoms with E-state index < -0.39 is 0 Å². The van der Waals surface area contributed by atoms with Crippen LogP contribution in [0.15, 0.2) is 71.9 Å². The van der Waals surface area contributed by atoms with Gasteiger partial charge < -0.3 is 4.74 Å². The van der Waals surface area contributed by atoms with Crippen molar-refractivity contribution in [1.82, 2.24) is 4.98 Å². The number of aromatic nitrogens is 1. The van der Waals surface area contributed by atoms with Crippen LogP contribution in [0.1, 0.15) is 37.8 Å². The maximum absolute atomic E-state index is 14.3. The highest BCUT2D eigenvalue weighted by atomic mass is 32.2. The Balaban J connectivity index is 1.80. The van der Waals surface area contributed by atoms with Gasteiger partial charge >= 0.3 is 0 Å². The highest BCUT2D eigenvalue weighted by Crippen LogP contribution is 2.32. The molecule has 2 aromatic carbocycles. The number of thioether (sulfide) groups is 1. The van der Waals surface area contributed by atoms with E-state index in [1.54, 1.807) is 11.8 Å². The van der Waals surface area contributed by atoms with E-state index in [0.717, 1.165) is 22.8 Å². The van der Waals surface area contributed by atoms with Crippen LogP contribution in [0.25, 0.3) is 0 Å². The SMILES string of the molecule is CCSc1ccc(C(Cc2ccc(F)c(Oc3ccccc3)c2)C(C)C)cn1. The van der Waals surface area contributed by atoms with Crippen molar-refractivity contribution in [3.63, 3.8) is 0 Å². The summed E-state index contributed by atoms with van der Waals surface area (Å²) in [5.74, 6) is 2.31. The predicted molar refractivity (Wildman–Crippen MR) is 115 cm³/mol. The van der Waals surface area contributed by atoms with Gasteiger partial charge in [0.2, 0.25) is 0 Å². The zero-order chi connectivity index (χ0) is 19.9. The molecule has 146 valence electrons. The molecule has 3 rings (SSSR count). The second kappa shape index (κ2) is 9.74. The van der Waals surface area contributed by atoms with Crippen molar-refractivity contribution < 1.29 is 9.13 Å². The van der Waals surface area contributed by atoms with Gasteiger partial charge in [-0.15, -0.1) is 11.8 Å². The third kappa shape index (κ3) is 5.35.